The largest absolute Gasteiger partial charge is 0.508 e. The molecule has 0 aromatic heterocycles. The minimum Gasteiger partial charge on any atom is -0.508 e. The molecule has 0 radical (unpaired) electrons. The maximum atomic E-state index is 10.5. The summed E-state index contributed by atoms with van der Waals surface area (Å²) in [6.45, 7) is 9.65. The van der Waals surface area contributed by atoms with Crippen molar-refractivity contribution in [3.63, 3.8) is 0 Å². The van der Waals surface area contributed by atoms with E-state index in [-0.39, 0.29) is 0 Å². The molecule has 0 unspecified atom stereocenters. The van der Waals surface area contributed by atoms with E-state index < -0.39 is 0 Å². The van der Waals surface area contributed by atoms with Crippen molar-refractivity contribution >= 4 is 0 Å². The fourth-order valence-electron chi connectivity index (χ4n) is 4.57. The minimum absolute atomic E-state index is 0.417. The number of nitrogens with zero attached hydrogens (tertiary/aromatic N) is 2. The van der Waals surface area contributed by atoms with Gasteiger partial charge in [-0.2, -0.15) is 0 Å². The summed E-state index contributed by atoms with van der Waals surface area (Å²) in [5, 5.41) is 10.5. The Morgan fingerprint density at radius 2 is 1.48 bits per heavy atom. The first-order valence-electron chi connectivity index (χ1n) is 10.9. The highest BCUT2D eigenvalue weighted by Crippen LogP contribution is 2.39. The van der Waals surface area contributed by atoms with Crippen LogP contribution in [-0.2, 0) is 6.54 Å². The second-order valence-electron chi connectivity index (χ2n) is 8.27. The topological polar surface area (TPSA) is 35.9 Å². The predicted molar refractivity (Wildman–Crippen MR) is 120 cm³/mol. The Morgan fingerprint density at radius 3 is 2.07 bits per heavy atom. The van der Waals surface area contributed by atoms with Crippen molar-refractivity contribution in [1.82, 2.24) is 9.80 Å². The zero-order valence-corrected chi connectivity index (χ0v) is 18.4. The van der Waals surface area contributed by atoms with Gasteiger partial charge in [0.05, 0.1) is 7.11 Å². The third-order valence-electron chi connectivity index (χ3n) is 6.43. The van der Waals surface area contributed by atoms with Gasteiger partial charge < -0.3 is 14.7 Å². The second kappa shape index (κ2) is 10.1. The van der Waals surface area contributed by atoms with E-state index in [1.807, 2.05) is 6.07 Å². The first-order chi connectivity index (χ1) is 14.0. The van der Waals surface area contributed by atoms with Crippen LogP contribution in [0.1, 0.15) is 55.2 Å². The van der Waals surface area contributed by atoms with Gasteiger partial charge in [0.25, 0.3) is 0 Å². The third kappa shape index (κ3) is 5.31. The quantitative estimate of drug-likeness (QED) is 0.693. The second-order valence-corrected chi connectivity index (χ2v) is 8.27. The highest BCUT2D eigenvalue weighted by molar-refractivity contribution is 5.40. The fraction of sp³-hybridized carbons (Fsp3) is 0.520. The fourth-order valence-corrected chi connectivity index (χ4v) is 4.57. The van der Waals surface area contributed by atoms with Crippen molar-refractivity contribution in [2.75, 3.05) is 40.3 Å². The lowest BCUT2D eigenvalue weighted by atomic mass is 9.78. The Kier molecular flexibility index (Phi) is 7.57. The Hall–Kier alpha value is -2.04. The number of hydrogen-bond acceptors (Lipinski definition) is 4. The van der Waals surface area contributed by atoms with E-state index in [2.05, 4.69) is 67.1 Å². The van der Waals surface area contributed by atoms with E-state index in [0.29, 0.717) is 17.6 Å². The van der Waals surface area contributed by atoms with Gasteiger partial charge in [-0.3, -0.25) is 4.90 Å². The Bertz CT molecular complexity index is 767. The van der Waals surface area contributed by atoms with E-state index in [4.69, 9.17) is 4.74 Å². The molecule has 4 heteroatoms. The smallest absolute Gasteiger partial charge is 0.120 e. The molecule has 0 aliphatic carbocycles. The van der Waals surface area contributed by atoms with Crippen LogP contribution in [-0.4, -0.2) is 55.2 Å². The molecule has 2 aromatic carbocycles. The summed E-state index contributed by atoms with van der Waals surface area (Å²) in [4.78, 5) is 4.81. The van der Waals surface area contributed by atoms with Crippen molar-refractivity contribution < 1.29 is 9.84 Å². The standard InChI is InChI=1S/C25H36N2O2/c1-5-23(19-7-10-22(29-4)11-8-19)24(6-2)20-9-12-25(28)21(17-20)18-27-15-13-26(3)14-16-27/h7-12,17,23-24,28H,5-6,13-16,18H2,1-4H3/t23-,24-/m1/s1. The van der Waals surface area contributed by atoms with Gasteiger partial charge in [0.1, 0.15) is 11.5 Å². The van der Waals surface area contributed by atoms with Crippen LogP contribution in [0.5, 0.6) is 11.5 Å². The predicted octanol–water partition coefficient (Wildman–Crippen LogP) is 4.84. The number of rotatable bonds is 8. The molecule has 0 spiro atoms. The molecule has 1 heterocycles. The van der Waals surface area contributed by atoms with Gasteiger partial charge in [-0.05, 0) is 61.1 Å². The number of phenolic OH excluding ortho intramolecular Hbond substituents is 1. The molecule has 1 fully saturated rings. The lowest BCUT2D eigenvalue weighted by Gasteiger charge is -2.33. The maximum Gasteiger partial charge on any atom is 0.120 e. The molecule has 1 aliphatic heterocycles. The zero-order valence-electron chi connectivity index (χ0n) is 18.4. The van der Waals surface area contributed by atoms with E-state index in [9.17, 15) is 5.11 Å². The van der Waals surface area contributed by atoms with Crippen molar-refractivity contribution in [2.45, 2.75) is 45.1 Å². The van der Waals surface area contributed by atoms with Crippen LogP contribution >= 0.6 is 0 Å². The Morgan fingerprint density at radius 1 is 0.897 bits per heavy atom. The van der Waals surface area contributed by atoms with Crippen molar-refractivity contribution in [3.05, 3.63) is 59.2 Å². The molecular formula is C25H36N2O2. The monoisotopic (exact) mass is 396 g/mol. The van der Waals surface area contributed by atoms with Gasteiger partial charge >= 0.3 is 0 Å². The molecule has 4 nitrogen and oxygen atoms in total. The summed E-state index contributed by atoms with van der Waals surface area (Å²) in [6.07, 6.45) is 2.16. The van der Waals surface area contributed by atoms with Crippen molar-refractivity contribution in [1.29, 1.82) is 0 Å². The van der Waals surface area contributed by atoms with Gasteiger partial charge in [-0.25, -0.2) is 0 Å². The number of methoxy groups -OCH3 is 1. The number of phenols is 1. The SMILES string of the molecule is CC[C@H](c1ccc(OC)cc1)[C@H](CC)c1ccc(O)c(CN2CCN(C)CC2)c1. The molecule has 0 bridgehead atoms. The highest BCUT2D eigenvalue weighted by Gasteiger charge is 2.23. The highest BCUT2D eigenvalue weighted by atomic mass is 16.5. The van der Waals surface area contributed by atoms with E-state index in [1.54, 1.807) is 7.11 Å². The maximum absolute atomic E-state index is 10.5. The number of ether oxygens (including phenoxy) is 1. The lowest BCUT2D eigenvalue weighted by molar-refractivity contribution is 0.147. The molecular weight excluding hydrogens is 360 g/mol. The summed E-state index contributed by atoms with van der Waals surface area (Å²) < 4.78 is 5.33. The molecule has 0 amide bonds. The minimum atomic E-state index is 0.417. The van der Waals surface area contributed by atoms with Crippen LogP contribution in [0.15, 0.2) is 42.5 Å². The number of hydrogen-bond donors (Lipinski definition) is 1. The van der Waals surface area contributed by atoms with Gasteiger partial charge in [0.2, 0.25) is 0 Å². The van der Waals surface area contributed by atoms with E-state index in [1.165, 1.54) is 11.1 Å². The van der Waals surface area contributed by atoms with Gasteiger partial charge in [0.15, 0.2) is 0 Å². The van der Waals surface area contributed by atoms with Crippen molar-refractivity contribution in [2.24, 2.45) is 0 Å². The molecule has 0 saturated carbocycles. The third-order valence-corrected chi connectivity index (χ3v) is 6.43. The summed E-state index contributed by atoms with van der Waals surface area (Å²) in [5.74, 6) is 2.20. The summed E-state index contributed by atoms with van der Waals surface area (Å²) in [6, 6.07) is 14.8. The number of aromatic hydroxyl groups is 1. The van der Waals surface area contributed by atoms with Crippen LogP contribution in [0.25, 0.3) is 0 Å². The number of piperazine rings is 1. The van der Waals surface area contributed by atoms with Crippen LogP contribution in [0, 0.1) is 0 Å². The number of likely N-dealkylation sites (N-methyl/N-ethyl adjacent to an activating group) is 1. The molecule has 1 saturated heterocycles. The summed E-state index contributed by atoms with van der Waals surface area (Å²) in [7, 11) is 3.88. The molecule has 2 aromatic rings. The normalized spacial score (nSPS) is 17.8. The van der Waals surface area contributed by atoms with E-state index in [0.717, 1.165) is 56.9 Å². The van der Waals surface area contributed by atoms with Crippen LogP contribution in [0.2, 0.25) is 0 Å². The molecule has 1 N–H and O–H groups in total. The molecule has 1 aliphatic rings. The lowest BCUT2D eigenvalue weighted by Crippen LogP contribution is -2.43. The Labute approximate surface area is 176 Å². The first kappa shape index (κ1) is 21.7. The number of benzene rings is 2. The average Bonchev–Trinajstić information content (AvgIpc) is 2.75. The van der Waals surface area contributed by atoms with Gasteiger partial charge in [-0.1, -0.05) is 38.1 Å². The molecule has 29 heavy (non-hydrogen) atoms. The van der Waals surface area contributed by atoms with Gasteiger partial charge in [-0.15, -0.1) is 0 Å². The molecule has 2 atom stereocenters. The van der Waals surface area contributed by atoms with E-state index >= 15 is 0 Å². The first-order valence-corrected chi connectivity index (χ1v) is 10.9. The molecule has 3 rings (SSSR count). The van der Waals surface area contributed by atoms with Crippen molar-refractivity contribution in [3.8, 4) is 11.5 Å². The average molecular weight is 397 g/mol. The van der Waals surface area contributed by atoms with Crippen LogP contribution in [0.3, 0.4) is 0 Å². The zero-order chi connectivity index (χ0) is 20.8. The Balaban J connectivity index is 1.82. The summed E-state index contributed by atoms with van der Waals surface area (Å²) >= 11 is 0. The molecule has 158 valence electrons. The van der Waals surface area contributed by atoms with Crippen LogP contribution in [0.4, 0.5) is 0 Å². The summed E-state index contributed by atoms with van der Waals surface area (Å²) in [5.41, 5.74) is 3.74. The van der Waals surface area contributed by atoms with Crippen LogP contribution < -0.4 is 4.74 Å². The van der Waals surface area contributed by atoms with Gasteiger partial charge in [0, 0.05) is 38.3 Å².